The smallest absolute Gasteiger partial charge is 0.249 e. The molecule has 42 heavy (non-hydrogen) atoms. The molecule has 0 radical (unpaired) electrons. The van der Waals surface area contributed by atoms with Crippen molar-refractivity contribution in [3.63, 3.8) is 0 Å². The molecule has 3 aliphatic heterocycles. The molecule has 1 aromatic carbocycles. The van der Waals surface area contributed by atoms with Crippen LogP contribution in [0.2, 0.25) is 0 Å². The summed E-state index contributed by atoms with van der Waals surface area (Å²) in [6.07, 6.45) is 3.88. The lowest BCUT2D eigenvalue weighted by Crippen LogP contribution is -2.62. The molecule has 1 spiro atoms. The Bertz CT molecular complexity index is 1190. The second-order valence-electron chi connectivity index (χ2n) is 12.9. The predicted octanol–water partition coefficient (Wildman–Crippen LogP) is 3.81. The summed E-state index contributed by atoms with van der Waals surface area (Å²) < 4.78 is 12.2. The van der Waals surface area contributed by atoms with Crippen molar-refractivity contribution in [3.05, 3.63) is 49.6 Å². The molecule has 0 aromatic heterocycles. The van der Waals surface area contributed by atoms with Gasteiger partial charge in [-0.3, -0.25) is 14.4 Å². The number of rotatable bonds is 12. The Morgan fingerprint density at radius 1 is 1.17 bits per heavy atom. The highest BCUT2D eigenvalue weighted by Gasteiger charge is 2.75. The number of hydrogen-bond acceptors (Lipinski definition) is 6. The quantitative estimate of drug-likeness (QED) is 0.377. The van der Waals surface area contributed by atoms with Gasteiger partial charge in [-0.25, -0.2) is 0 Å². The van der Waals surface area contributed by atoms with Crippen molar-refractivity contribution in [1.29, 1.82) is 0 Å². The van der Waals surface area contributed by atoms with E-state index >= 15 is 0 Å². The number of anilines is 1. The van der Waals surface area contributed by atoms with Crippen molar-refractivity contribution >= 4 is 23.4 Å². The summed E-state index contributed by atoms with van der Waals surface area (Å²) in [5.74, 6) is -1.83. The van der Waals surface area contributed by atoms with Crippen LogP contribution in [0.1, 0.15) is 54.4 Å². The van der Waals surface area contributed by atoms with Crippen LogP contribution in [0.3, 0.4) is 0 Å². The van der Waals surface area contributed by atoms with Crippen molar-refractivity contribution in [2.75, 3.05) is 31.2 Å². The summed E-state index contributed by atoms with van der Waals surface area (Å²) in [4.78, 5) is 48.3. The van der Waals surface area contributed by atoms with Gasteiger partial charge in [-0.05, 0) is 70.7 Å². The standard InChI is InChI=1S/C33H47N3O6/c1-9-18-34(22-12-14-23(15-13-22)41-11-3)29(38)26-25-16-17-33(42-25)27(26)30(39)36(24(20-37)21(4)5)28(33)31(40)35(19-10-2)32(6,7)8/h9-10,12-15,21,24-28,37H,1-2,11,16-20H2,3-8H3/t24-,25-,26+,27-,28?,33?/m0/s1. The molecule has 3 fully saturated rings. The third-order valence-corrected chi connectivity index (χ3v) is 9.00. The summed E-state index contributed by atoms with van der Waals surface area (Å²) in [5, 5.41) is 10.5. The predicted molar refractivity (Wildman–Crippen MR) is 162 cm³/mol. The van der Waals surface area contributed by atoms with Crippen molar-refractivity contribution in [3.8, 4) is 5.75 Å². The molecule has 2 bridgehead atoms. The highest BCUT2D eigenvalue weighted by atomic mass is 16.5. The van der Waals surface area contributed by atoms with Crippen LogP contribution in [0, 0.1) is 17.8 Å². The zero-order valence-corrected chi connectivity index (χ0v) is 25.9. The van der Waals surface area contributed by atoms with E-state index < -0.39 is 41.2 Å². The van der Waals surface area contributed by atoms with Gasteiger partial charge in [0.25, 0.3) is 0 Å². The van der Waals surface area contributed by atoms with Gasteiger partial charge < -0.3 is 29.3 Å². The summed E-state index contributed by atoms with van der Waals surface area (Å²) >= 11 is 0. The molecular weight excluding hydrogens is 534 g/mol. The number of carbonyl (C=O) groups is 3. The Morgan fingerprint density at radius 3 is 2.33 bits per heavy atom. The molecule has 0 aliphatic carbocycles. The first kappa shape index (κ1) is 31.8. The number of benzene rings is 1. The normalized spacial score (nSPS) is 27.1. The summed E-state index contributed by atoms with van der Waals surface area (Å²) in [5.41, 5.74) is -1.05. The monoisotopic (exact) mass is 581 g/mol. The van der Waals surface area contributed by atoms with Gasteiger partial charge in [0.2, 0.25) is 17.7 Å². The van der Waals surface area contributed by atoms with Crippen molar-refractivity contribution < 1.29 is 29.0 Å². The number of carbonyl (C=O) groups excluding carboxylic acids is 3. The van der Waals surface area contributed by atoms with Gasteiger partial charge in [0, 0.05) is 24.3 Å². The van der Waals surface area contributed by atoms with E-state index in [4.69, 9.17) is 9.47 Å². The molecule has 3 saturated heterocycles. The maximum atomic E-state index is 14.5. The van der Waals surface area contributed by atoms with Gasteiger partial charge >= 0.3 is 0 Å². The second-order valence-corrected chi connectivity index (χ2v) is 12.9. The fourth-order valence-corrected chi connectivity index (χ4v) is 7.12. The van der Waals surface area contributed by atoms with Crippen LogP contribution in [0.25, 0.3) is 0 Å². The summed E-state index contributed by atoms with van der Waals surface area (Å²) in [6, 6.07) is 5.70. The third-order valence-electron chi connectivity index (χ3n) is 9.00. The van der Waals surface area contributed by atoms with Gasteiger partial charge in [0.15, 0.2) is 0 Å². The number of nitrogens with zero attached hydrogens (tertiary/aromatic N) is 3. The number of aliphatic hydroxyl groups excluding tert-OH is 1. The fourth-order valence-electron chi connectivity index (χ4n) is 7.12. The van der Waals surface area contributed by atoms with Crippen molar-refractivity contribution in [2.45, 2.75) is 83.7 Å². The van der Waals surface area contributed by atoms with E-state index in [1.54, 1.807) is 26.9 Å². The van der Waals surface area contributed by atoms with Gasteiger partial charge in [-0.2, -0.15) is 0 Å². The topological polar surface area (TPSA) is 99.6 Å². The van der Waals surface area contributed by atoms with E-state index in [0.29, 0.717) is 37.4 Å². The molecule has 3 heterocycles. The zero-order chi connectivity index (χ0) is 31.0. The van der Waals surface area contributed by atoms with E-state index in [0.717, 1.165) is 0 Å². The average Bonchev–Trinajstić information content (AvgIpc) is 3.58. The zero-order valence-electron chi connectivity index (χ0n) is 25.9. The Balaban J connectivity index is 1.79. The molecule has 9 nitrogen and oxygen atoms in total. The minimum absolute atomic E-state index is 0.126. The lowest BCUT2D eigenvalue weighted by molar-refractivity contribution is -0.155. The van der Waals surface area contributed by atoms with Crippen LogP contribution in [0.15, 0.2) is 49.6 Å². The van der Waals surface area contributed by atoms with Gasteiger partial charge in [-0.1, -0.05) is 26.0 Å². The molecule has 6 atom stereocenters. The maximum Gasteiger partial charge on any atom is 0.249 e. The first-order valence-electron chi connectivity index (χ1n) is 15.1. The van der Waals surface area contributed by atoms with Gasteiger partial charge in [0.05, 0.1) is 37.2 Å². The molecule has 230 valence electrons. The fraction of sp³-hybridized carbons (Fsp3) is 0.606. The van der Waals surface area contributed by atoms with E-state index in [9.17, 15) is 19.5 Å². The van der Waals surface area contributed by atoms with Crippen LogP contribution in [0.5, 0.6) is 5.75 Å². The number of aliphatic hydroxyl groups is 1. The van der Waals surface area contributed by atoms with Crippen LogP contribution in [-0.2, 0) is 19.1 Å². The minimum Gasteiger partial charge on any atom is -0.494 e. The molecule has 9 heteroatoms. The number of amides is 3. The van der Waals surface area contributed by atoms with Crippen LogP contribution >= 0.6 is 0 Å². The largest absolute Gasteiger partial charge is 0.494 e. The van der Waals surface area contributed by atoms with E-state index in [2.05, 4.69) is 13.2 Å². The molecule has 3 aliphatic rings. The number of likely N-dealkylation sites (tertiary alicyclic amines) is 1. The van der Waals surface area contributed by atoms with E-state index in [1.807, 2.05) is 65.8 Å². The lowest BCUT2D eigenvalue weighted by atomic mass is 9.70. The Kier molecular flexibility index (Phi) is 9.23. The van der Waals surface area contributed by atoms with Crippen molar-refractivity contribution in [1.82, 2.24) is 9.80 Å². The molecule has 3 amide bonds. The van der Waals surface area contributed by atoms with Crippen LogP contribution < -0.4 is 9.64 Å². The third kappa shape index (κ3) is 5.26. The average molecular weight is 582 g/mol. The molecule has 2 unspecified atom stereocenters. The van der Waals surface area contributed by atoms with E-state index in [1.165, 1.54) is 0 Å². The molecule has 4 rings (SSSR count). The number of fused-ring (bicyclic) bond motifs is 1. The lowest BCUT2D eigenvalue weighted by Gasteiger charge is -2.44. The highest BCUT2D eigenvalue weighted by Crippen LogP contribution is 2.59. The SMILES string of the molecule is C=CCN(C(=O)[C@@H]1[C@@H]2CCC3(O2)C(C(=O)N(CC=C)C(C)(C)C)N([C@@H](CO)C(C)C)C(=O)[C@H]13)c1ccc(OCC)cc1. The Morgan fingerprint density at radius 2 is 1.81 bits per heavy atom. The molecule has 1 N–H and O–H groups in total. The minimum atomic E-state index is -1.16. The van der Waals surface area contributed by atoms with Crippen LogP contribution in [0.4, 0.5) is 5.69 Å². The van der Waals surface area contributed by atoms with E-state index in [-0.39, 0.29) is 36.8 Å². The van der Waals surface area contributed by atoms with Crippen molar-refractivity contribution in [2.24, 2.45) is 17.8 Å². The molecular formula is C33H47N3O6. The first-order chi connectivity index (χ1) is 19.9. The van der Waals surface area contributed by atoms with Crippen LogP contribution in [-0.4, -0.2) is 88.3 Å². The molecule has 1 aromatic rings. The molecule has 0 saturated carbocycles. The first-order valence-corrected chi connectivity index (χ1v) is 15.1. The van der Waals surface area contributed by atoms with Gasteiger partial charge in [0.1, 0.15) is 17.4 Å². The van der Waals surface area contributed by atoms with Gasteiger partial charge in [-0.15, -0.1) is 13.2 Å². The summed E-state index contributed by atoms with van der Waals surface area (Å²) in [7, 11) is 0. The number of hydrogen-bond donors (Lipinski definition) is 1. The Labute approximate surface area is 250 Å². The highest BCUT2D eigenvalue weighted by molar-refractivity contribution is 6.03. The number of ether oxygens (including phenoxy) is 2. The second kappa shape index (κ2) is 12.2. The Hall–Kier alpha value is -3.17. The summed E-state index contributed by atoms with van der Waals surface area (Å²) in [6.45, 7) is 20.1. The maximum absolute atomic E-state index is 14.5.